The molecule has 0 aliphatic rings. The number of methoxy groups -OCH3 is 1. The summed E-state index contributed by atoms with van der Waals surface area (Å²) in [5.74, 6) is -0.493. The third kappa shape index (κ3) is 5.23. The topological polar surface area (TPSA) is 71.1 Å². The van der Waals surface area contributed by atoms with Crippen molar-refractivity contribution in [3.8, 4) is 0 Å². The van der Waals surface area contributed by atoms with Gasteiger partial charge >= 0.3 is 0 Å². The molecule has 106 valence electrons. The van der Waals surface area contributed by atoms with Crippen LogP contribution in [0.15, 0.2) is 23.4 Å². The predicted molar refractivity (Wildman–Crippen MR) is 71.7 cm³/mol. The first-order chi connectivity index (χ1) is 9.06. The van der Waals surface area contributed by atoms with Gasteiger partial charge in [0.15, 0.2) is 5.84 Å². The number of amidine groups is 1. The first-order valence-corrected chi connectivity index (χ1v) is 6.01. The van der Waals surface area contributed by atoms with E-state index < -0.39 is 5.82 Å². The van der Waals surface area contributed by atoms with Gasteiger partial charge in [-0.05, 0) is 37.2 Å². The van der Waals surface area contributed by atoms with E-state index in [0.29, 0.717) is 18.7 Å². The summed E-state index contributed by atoms with van der Waals surface area (Å²) >= 11 is 0. The summed E-state index contributed by atoms with van der Waals surface area (Å²) in [4.78, 5) is 2.06. The highest BCUT2D eigenvalue weighted by Gasteiger charge is 2.07. The Kier molecular flexibility index (Phi) is 6.24. The summed E-state index contributed by atoms with van der Waals surface area (Å²) < 4.78 is 18.4. The summed E-state index contributed by atoms with van der Waals surface area (Å²) in [6, 6.07) is 4.40. The second kappa shape index (κ2) is 7.70. The van der Waals surface area contributed by atoms with E-state index in [2.05, 4.69) is 10.1 Å². The van der Waals surface area contributed by atoms with E-state index >= 15 is 0 Å². The van der Waals surface area contributed by atoms with E-state index in [-0.39, 0.29) is 5.84 Å². The molecule has 0 radical (unpaired) electrons. The molecule has 0 saturated carbocycles. The molecule has 0 unspecified atom stereocenters. The lowest BCUT2D eigenvalue weighted by molar-refractivity contribution is 0.178. The zero-order valence-electron chi connectivity index (χ0n) is 11.3. The molecule has 0 saturated heterocycles. The SMILES string of the molecule is COCCCN(C)Cc1cc(F)cc(/C(N)=N/O)c1. The van der Waals surface area contributed by atoms with Crippen LogP contribution >= 0.6 is 0 Å². The van der Waals surface area contributed by atoms with Crippen LogP contribution in [-0.4, -0.2) is 43.3 Å². The number of ether oxygens (including phenoxy) is 1. The Bertz CT molecular complexity index is 438. The van der Waals surface area contributed by atoms with E-state index in [9.17, 15) is 4.39 Å². The van der Waals surface area contributed by atoms with Gasteiger partial charge in [-0.25, -0.2) is 4.39 Å². The summed E-state index contributed by atoms with van der Waals surface area (Å²) in [6.45, 7) is 2.14. The van der Waals surface area contributed by atoms with Crippen LogP contribution in [0.3, 0.4) is 0 Å². The minimum atomic E-state index is -0.399. The van der Waals surface area contributed by atoms with Crippen molar-refractivity contribution in [3.05, 3.63) is 35.1 Å². The lowest BCUT2D eigenvalue weighted by Crippen LogP contribution is -2.21. The van der Waals surface area contributed by atoms with Gasteiger partial charge in [0.1, 0.15) is 5.82 Å². The van der Waals surface area contributed by atoms with Crippen molar-refractivity contribution in [2.24, 2.45) is 10.9 Å². The van der Waals surface area contributed by atoms with Gasteiger partial charge in [-0.2, -0.15) is 0 Å². The van der Waals surface area contributed by atoms with Gasteiger partial charge in [-0.1, -0.05) is 5.16 Å². The molecule has 0 bridgehead atoms. The van der Waals surface area contributed by atoms with E-state index in [4.69, 9.17) is 15.7 Å². The molecule has 3 N–H and O–H groups in total. The summed E-state index contributed by atoms with van der Waals surface area (Å²) in [7, 11) is 3.61. The minimum Gasteiger partial charge on any atom is -0.409 e. The van der Waals surface area contributed by atoms with Crippen molar-refractivity contribution in [1.29, 1.82) is 0 Å². The molecule has 0 amide bonds. The molecular formula is C13H20FN3O2. The zero-order valence-corrected chi connectivity index (χ0v) is 11.3. The van der Waals surface area contributed by atoms with E-state index in [0.717, 1.165) is 18.5 Å². The molecule has 0 aliphatic heterocycles. The molecule has 0 aliphatic carbocycles. The monoisotopic (exact) mass is 269 g/mol. The van der Waals surface area contributed by atoms with Gasteiger partial charge in [-0.15, -0.1) is 0 Å². The van der Waals surface area contributed by atoms with Gasteiger partial charge in [0.25, 0.3) is 0 Å². The fraction of sp³-hybridized carbons (Fsp3) is 0.462. The number of oxime groups is 1. The highest BCUT2D eigenvalue weighted by molar-refractivity contribution is 5.97. The second-order valence-corrected chi connectivity index (χ2v) is 4.42. The Morgan fingerprint density at radius 2 is 2.21 bits per heavy atom. The molecule has 1 rings (SSSR count). The van der Waals surface area contributed by atoms with Crippen LogP contribution in [0.1, 0.15) is 17.5 Å². The fourth-order valence-corrected chi connectivity index (χ4v) is 1.82. The molecule has 1 aromatic carbocycles. The van der Waals surface area contributed by atoms with Gasteiger partial charge in [0.05, 0.1) is 0 Å². The Morgan fingerprint density at radius 3 is 2.84 bits per heavy atom. The quantitative estimate of drug-likeness (QED) is 0.258. The van der Waals surface area contributed by atoms with Crippen molar-refractivity contribution < 1.29 is 14.3 Å². The van der Waals surface area contributed by atoms with E-state index in [1.54, 1.807) is 13.2 Å². The van der Waals surface area contributed by atoms with Crippen LogP contribution in [0.25, 0.3) is 0 Å². The Labute approximate surface area is 112 Å². The second-order valence-electron chi connectivity index (χ2n) is 4.42. The molecule has 1 aromatic rings. The van der Waals surface area contributed by atoms with Crippen molar-refractivity contribution in [2.45, 2.75) is 13.0 Å². The third-order valence-corrected chi connectivity index (χ3v) is 2.70. The van der Waals surface area contributed by atoms with Crippen LogP contribution in [0.2, 0.25) is 0 Å². The van der Waals surface area contributed by atoms with Crippen LogP contribution in [-0.2, 0) is 11.3 Å². The largest absolute Gasteiger partial charge is 0.409 e. The average Bonchev–Trinajstić information content (AvgIpc) is 2.37. The predicted octanol–water partition coefficient (Wildman–Crippen LogP) is 1.39. The molecule has 19 heavy (non-hydrogen) atoms. The number of hydrogen-bond acceptors (Lipinski definition) is 4. The molecule has 0 heterocycles. The summed E-state index contributed by atoms with van der Waals surface area (Å²) in [6.07, 6.45) is 0.912. The molecular weight excluding hydrogens is 249 g/mol. The van der Waals surface area contributed by atoms with E-state index in [1.165, 1.54) is 12.1 Å². The number of nitrogens with zero attached hydrogens (tertiary/aromatic N) is 2. The van der Waals surface area contributed by atoms with Crippen LogP contribution in [0.4, 0.5) is 4.39 Å². The van der Waals surface area contributed by atoms with Gasteiger partial charge < -0.3 is 20.6 Å². The Morgan fingerprint density at radius 1 is 1.47 bits per heavy atom. The van der Waals surface area contributed by atoms with E-state index in [1.807, 2.05) is 7.05 Å². The lowest BCUT2D eigenvalue weighted by Gasteiger charge is -2.17. The van der Waals surface area contributed by atoms with Crippen molar-refractivity contribution in [1.82, 2.24) is 4.90 Å². The van der Waals surface area contributed by atoms with Crippen molar-refractivity contribution in [2.75, 3.05) is 27.3 Å². The molecule has 5 nitrogen and oxygen atoms in total. The number of nitrogens with two attached hydrogens (primary N) is 1. The number of halogens is 1. The smallest absolute Gasteiger partial charge is 0.170 e. The molecule has 0 atom stereocenters. The highest BCUT2D eigenvalue weighted by atomic mass is 19.1. The summed E-state index contributed by atoms with van der Waals surface area (Å²) in [5.41, 5.74) is 6.62. The van der Waals surface area contributed by atoms with Crippen LogP contribution in [0, 0.1) is 5.82 Å². The molecule has 0 aromatic heterocycles. The number of benzene rings is 1. The van der Waals surface area contributed by atoms with Crippen molar-refractivity contribution >= 4 is 5.84 Å². The van der Waals surface area contributed by atoms with Gasteiger partial charge in [0.2, 0.25) is 0 Å². The lowest BCUT2D eigenvalue weighted by atomic mass is 10.1. The normalized spacial score (nSPS) is 12.1. The molecule has 6 heteroatoms. The molecule has 0 fully saturated rings. The van der Waals surface area contributed by atoms with Crippen LogP contribution in [0.5, 0.6) is 0 Å². The maximum Gasteiger partial charge on any atom is 0.170 e. The van der Waals surface area contributed by atoms with Crippen molar-refractivity contribution in [3.63, 3.8) is 0 Å². The maximum absolute atomic E-state index is 13.5. The highest BCUT2D eigenvalue weighted by Crippen LogP contribution is 2.11. The standard InChI is InChI=1S/C13H20FN3O2/c1-17(4-3-5-19-2)9-10-6-11(13(15)16-18)8-12(14)7-10/h6-8,18H,3-5,9H2,1-2H3,(H2,15,16). The van der Waals surface area contributed by atoms with Crippen LogP contribution < -0.4 is 5.73 Å². The first kappa shape index (κ1) is 15.4. The minimum absolute atomic E-state index is 0.0946. The van der Waals surface area contributed by atoms with Gasteiger partial charge in [0, 0.05) is 32.4 Å². The fourth-order valence-electron chi connectivity index (χ4n) is 1.82. The number of hydrogen-bond donors (Lipinski definition) is 2. The maximum atomic E-state index is 13.5. The zero-order chi connectivity index (χ0) is 14.3. The molecule has 0 spiro atoms. The Hall–Kier alpha value is -1.66. The summed E-state index contributed by atoms with van der Waals surface area (Å²) in [5, 5.41) is 11.5. The number of rotatable bonds is 7. The Balaban J connectivity index is 2.70. The van der Waals surface area contributed by atoms with Gasteiger partial charge in [-0.3, -0.25) is 0 Å². The first-order valence-electron chi connectivity index (χ1n) is 6.01. The average molecular weight is 269 g/mol. The third-order valence-electron chi connectivity index (χ3n) is 2.70.